The molecular formula is C18H23NO. The number of rotatable bonds is 5. The number of ether oxygens (including phenoxy) is 1. The highest BCUT2D eigenvalue weighted by molar-refractivity contribution is 5.53. The average molecular weight is 269 g/mol. The third-order valence-corrected chi connectivity index (χ3v) is 3.63. The van der Waals surface area contributed by atoms with Gasteiger partial charge < -0.3 is 10.1 Å². The van der Waals surface area contributed by atoms with Gasteiger partial charge in [0.05, 0.1) is 13.2 Å². The lowest BCUT2D eigenvalue weighted by atomic mass is 10.0. The molecule has 0 aromatic heterocycles. The van der Waals surface area contributed by atoms with Crippen molar-refractivity contribution in [2.45, 2.75) is 33.2 Å². The topological polar surface area (TPSA) is 21.3 Å². The van der Waals surface area contributed by atoms with Crippen LogP contribution in [0.15, 0.2) is 42.5 Å². The second-order valence-corrected chi connectivity index (χ2v) is 5.12. The number of nitrogens with one attached hydrogen (secondary N) is 1. The summed E-state index contributed by atoms with van der Waals surface area (Å²) in [6.07, 6.45) is 1.03. The third-order valence-electron chi connectivity index (χ3n) is 3.63. The molecule has 0 saturated carbocycles. The second kappa shape index (κ2) is 6.47. The van der Waals surface area contributed by atoms with Crippen LogP contribution >= 0.6 is 0 Å². The third kappa shape index (κ3) is 3.13. The first-order valence-electron chi connectivity index (χ1n) is 7.14. The molecule has 0 saturated heterocycles. The van der Waals surface area contributed by atoms with Gasteiger partial charge in [-0.15, -0.1) is 0 Å². The van der Waals surface area contributed by atoms with E-state index in [1.165, 1.54) is 22.4 Å². The van der Waals surface area contributed by atoms with Crippen LogP contribution in [-0.4, -0.2) is 7.11 Å². The van der Waals surface area contributed by atoms with Gasteiger partial charge in [-0.25, -0.2) is 0 Å². The van der Waals surface area contributed by atoms with Crippen molar-refractivity contribution in [3.63, 3.8) is 0 Å². The molecule has 0 bridgehead atoms. The summed E-state index contributed by atoms with van der Waals surface area (Å²) in [5.41, 5.74) is 4.94. The monoisotopic (exact) mass is 269 g/mol. The number of benzene rings is 2. The maximum Gasteiger partial charge on any atom is 0.124 e. The van der Waals surface area contributed by atoms with Crippen molar-refractivity contribution in [3.8, 4) is 5.75 Å². The quantitative estimate of drug-likeness (QED) is 0.846. The lowest BCUT2D eigenvalue weighted by Crippen LogP contribution is -2.09. The molecule has 0 aliphatic carbocycles. The van der Waals surface area contributed by atoms with Gasteiger partial charge in [0.15, 0.2) is 0 Å². The number of anilines is 1. The lowest BCUT2D eigenvalue weighted by Gasteiger charge is -2.20. The standard InChI is InChI=1S/C18H23NO/c1-5-15-8-6-7-9-17(15)19-14(3)16-11-10-13(2)12-18(16)20-4/h6-12,14,19H,5H2,1-4H3. The highest BCUT2D eigenvalue weighted by Gasteiger charge is 2.12. The minimum atomic E-state index is 0.207. The van der Waals surface area contributed by atoms with Gasteiger partial charge in [0, 0.05) is 11.3 Å². The Kier molecular flexibility index (Phi) is 4.67. The van der Waals surface area contributed by atoms with Crippen LogP contribution in [0.3, 0.4) is 0 Å². The van der Waals surface area contributed by atoms with Gasteiger partial charge in [0.2, 0.25) is 0 Å². The Morgan fingerprint density at radius 1 is 1.15 bits per heavy atom. The van der Waals surface area contributed by atoms with Crippen LogP contribution in [-0.2, 0) is 6.42 Å². The normalized spacial score (nSPS) is 12.0. The summed E-state index contributed by atoms with van der Waals surface area (Å²) in [6.45, 7) is 6.42. The molecule has 0 heterocycles. The van der Waals surface area contributed by atoms with Crippen LogP contribution in [0.1, 0.15) is 36.6 Å². The van der Waals surface area contributed by atoms with E-state index >= 15 is 0 Å². The zero-order chi connectivity index (χ0) is 14.5. The van der Waals surface area contributed by atoms with E-state index < -0.39 is 0 Å². The zero-order valence-corrected chi connectivity index (χ0v) is 12.7. The number of methoxy groups -OCH3 is 1. The Morgan fingerprint density at radius 3 is 2.60 bits per heavy atom. The molecule has 0 aliphatic rings. The van der Waals surface area contributed by atoms with Crippen molar-refractivity contribution in [3.05, 3.63) is 59.2 Å². The Morgan fingerprint density at radius 2 is 1.90 bits per heavy atom. The van der Waals surface area contributed by atoms with Crippen LogP contribution in [0.5, 0.6) is 5.75 Å². The van der Waals surface area contributed by atoms with E-state index in [2.05, 4.69) is 68.6 Å². The molecule has 2 nitrogen and oxygen atoms in total. The Hall–Kier alpha value is -1.96. The van der Waals surface area contributed by atoms with Gasteiger partial charge in [-0.2, -0.15) is 0 Å². The van der Waals surface area contributed by atoms with Crippen molar-refractivity contribution in [1.29, 1.82) is 0 Å². The molecule has 2 rings (SSSR count). The van der Waals surface area contributed by atoms with E-state index in [-0.39, 0.29) is 6.04 Å². The van der Waals surface area contributed by atoms with Gasteiger partial charge in [-0.3, -0.25) is 0 Å². The smallest absolute Gasteiger partial charge is 0.124 e. The Balaban J connectivity index is 2.26. The second-order valence-electron chi connectivity index (χ2n) is 5.12. The van der Waals surface area contributed by atoms with Crippen LogP contribution in [0, 0.1) is 6.92 Å². The van der Waals surface area contributed by atoms with Gasteiger partial charge in [0.25, 0.3) is 0 Å². The molecule has 1 N–H and O–H groups in total. The van der Waals surface area contributed by atoms with Crippen LogP contribution in [0.25, 0.3) is 0 Å². The van der Waals surface area contributed by atoms with Crippen LogP contribution in [0.2, 0.25) is 0 Å². The van der Waals surface area contributed by atoms with E-state index in [1.54, 1.807) is 7.11 Å². The molecule has 0 aliphatic heterocycles. The molecular weight excluding hydrogens is 246 g/mol. The number of hydrogen-bond donors (Lipinski definition) is 1. The SMILES string of the molecule is CCc1ccccc1NC(C)c1ccc(C)cc1OC. The molecule has 106 valence electrons. The summed E-state index contributed by atoms with van der Waals surface area (Å²) in [7, 11) is 1.73. The fraction of sp³-hybridized carbons (Fsp3) is 0.333. The maximum atomic E-state index is 5.50. The molecule has 0 spiro atoms. The predicted octanol–water partition coefficient (Wildman–Crippen LogP) is 4.74. The average Bonchev–Trinajstić information content (AvgIpc) is 2.47. The van der Waals surface area contributed by atoms with E-state index in [4.69, 9.17) is 4.74 Å². The molecule has 20 heavy (non-hydrogen) atoms. The van der Waals surface area contributed by atoms with Crippen molar-refractivity contribution in [2.24, 2.45) is 0 Å². The van der Waals surface area contributed by atoms with Gasteiger partial charge in [0.1, 0.15) is 5.75 Å². The largest absolute Gasteiger partial charge is 0.496 e. The fourth-order valence-corrected chi connectivity index (χ4v) is 2.46. The summed E-state index contributed by atoms with van der Waals surface area (Å²) in [5.74, 6) is 0.943. The molecule has 0 fully saturated rings. The Labute approximate surface area is 121 Å². The number of aryl methyl sites for hydroxylation is 2. The first-order valence-corrected chi connectivity index (χ1v) is 7.14. The van der Waals surface area contributed by atoms with Crippen molar-refractivity contribution < 1.29 is 4.74 Å². The molecule has 0 radical (unpaired) electrons. The summed E-state index contributed by atoms with van der Waals surface area (Å²) in [5, 5.41) is 3.59. The first kappa shape index (κ1) is 14.4. The van der Waals surface area contributed by atoms with Crippen molar-refractivity contribution in [1.82, 2.24) is 0 Å². The fourth-order valence-electron chi connectivity index (χ4n) is 2.46. The highest BCUT2D eigenvalue weighted by Crippen LogP contribution is 2.29. The summed E-state index contributed by atoms with van der Waals surface area (Å²) in [6, 6.07) is 15.0. The van der Waals surface area contributed by atoms with Crippen molar-refractivity contribution >= 4 is 5.69 Å². The van der Waals surface area contributed by atoms with E-state index in [1.807, 2.05) is 0 Å². The van der Waals surface area contributed by atoms with Crippen molar-refractivity contribution in [2.75, 3.05) is 12.4 Å². The number of hydrogen-bond acceptors (Lipinski definition) is 2. The molecule has 2 aromatic carbocycles. The minimum Gasteiger partial charge on any atom is -0.496 e. The number of para-hydroxylation sites is 1. The molecule has 1 atom stereocenters. The van der Waals surface area contributed by atoms with Gasteiger partial charge >= 0.3 is 0 Å². The van der Waals surface area contributed by atoms with Crippen LogP contribution < -0.4 is 10.1 Å². The van der Waals surface area contributed by atoms with Gasteiger partial charge in [-0.05, 0) is 43.5 Å². The van der Waals surface area contributed by atoms with E-state index in [0.29, 0.717) is 0 Å². The minimum absolute atomic E-state index is 0.207. The van der Waals surface area contributed by atoms with Crippen LogP contribution in [0.4, 0.5) is 5.69 Å². The molecule has 0 amide bonds. The highest BCUT2D eigenvalue weighted by atomic mass is 16.5. The summed E-state index contributed by atoms with van der Waals surface area (Å²) in [4.78, 5) is 0. The zero-order valence-electron chi connectivity index (χ0n) is 12.7. The predicted molar refractivity (Wildman–Crippen MR) is 85.6 cm³/mol. The van der Waals surface area contributed by atoms with E-state index in [0.717, 1.165) is 12.2 Å². The summed E-state index contributed by atoms with van der Waals surface area (Å²) >= 11 is 0. The molecule has 2 aromatic rings. The molecule has 2 heteroatoms. The first-order chi connectivity index (χ1) is 9.65. The lowest BCUT2D eigenvalue weighted by molar-refractivity contribution is 0.407. The summed E-state index contributed by atoms with van der Waals surface area (Å²) < 4.78 is 5.50. The molecule has 1 unspecified atom stereocenters. The van der Waals surface area contributed by atoms with Gasteiger partial charge in [-0.1, -0.05) is 37.3 Å². The maximum absolute atomic E-state index is 5.50. The van der Waals surface area contributed by atoms with E-state index in [9.17, 15) is 0 Å². The Bertz CT molecular complexity index is 577.